The van der Waals surface area contributed by atoms with Crippen LogP contribution in [0.4, 0.5) is 19.1 Å². The Morgan fingerprint density at radius 1 is 0.867 bits per heavy atom. The predicted molar refractivity (Wildman–Crippen MR) is 108 cm³/mol. The minimum atomic E-state index is -4.82. The fourth-order valence-electron chi connectivity index (χ4n) is 3.61. The van der Waals surface area contributed by atoms with Crippen molar-refractivity contribution in [3.05, 3.63) is 95.0 Å². The van der Waals surface area contributed by atoms with E-state index in [0.717, 1.165) is 4.57 Å². The van der Waals surface area contributed by atoms with Crippen molar-refractivity contribution in [1.82, 2.24) is 9.55 Å². The summed E-state index contributed by atoms with van der Waals surface area (Å²) in [5.41, 5.74) is -1.89. The molecule has 150 valence electrons. The molecule has 0 radical (unpaired) electrons. The number of imidazole rings is 1. The van der Waals surface area contributed by atoms with Crippen LogP contribution >= 0.6 is 11.6 Å². The molecule has 2 heterocycles. The van der Waals surface area contributed by atoms with E-state index < -0.39 is 11.9 Å². The van der Waals surface area contributed by atoms with Crippen LogP contribution in [0.5, 0.6) is 0 Å². The van der Waals surface area contributed by atoms with Crippen LogP contribution in [0.1, 0.15) is 11.1 Å². The first-order chi connectivity index (χ1) is 14.4. The Kier molecular flexibility index (Phi) is 4.11. The Hall–Kier alpha value is -3.32. The van der Waals surface area contributed by atoms with Gasteiger partial charge in [-0.2, -0.15) is 18.2 Å². The molecule has 0 spiro atoms. The zero-order valence-corrected chi connectivity index (χ0v) is 16.0. The maximum absolute atomic E-state index is 14.9. The van der Waals surface area contributed by atoms with E-state index in [2.05, 4.69) is 9.98 Å². The molecular formula is C22H13ClF3N3O. The Bertz CT molecular complexity index is 1270. The molecule has 0 aliphatic carbocycles. The molecular weight excluding hydrogens is 415 g/mol. The number of aliphatic imine (C=N–C) groups is 1. The average Bonchev–Trinajstić information content (AvgIpc) is 3.12. The van der Waals surface area contributed by atoms with E-state index in [0.29, 0.717) is 16.1 Å². The highest BCUT2D eigenvalue weighted by atomic mass is 35.5. The molecule has 4 aromatic rings. The lowest BCUT2D eigenvalue weighted by Crippen LogP contribution is -2.53. The number of para-hydroxylation sites is 2. The summed E-state index contributed by atoms with van der Waals surface area (Å²) in [4.78, 5) is 8.67. The molecule has 0 unspecified atom stereocenters. The van der Waals surface area contributed by atoms with Gasteiger partial charge in [-0.1, -0.05) is 54.1 Å². The van der Waals surface area contributed by atoms with E-state index in [4.69, 9.17) is 16.3 Å². The summed E-state index contributed by atoms with van der Waals surface area (Å²) in [7, 11) is 0. The smallest absolute Gasteiger partial charge is 0.436 e. The largest absolute Gasteiger partial charge is 0.454 e. The lowest BCUT2D eigenvalue weighted by Gasteiger charge is -2.40. The first kappa shape index (κ1) is 18.7. The van der Waals surface area contributed by atoms with Gasteiger partial charge in [0.15, 0.2) is 0 Å². The Morgan fingerprint density at radius 2 is 1.53 bits per heavy atom. The van der Waals surface area contributed by atoms with E-state index in [1.165, 1.54) is 12.1 Å². The number of alkyl halides is 3. The van der Waals surface area contributed by atoms with Gasteiger partial charge in [-0.05, 0) is 36.4 Å². The number of halogens is 4. The fourth-order valence-corrected chi connectivity index (χ4v) is 3.74. The van der Waals surface area contributed by atoms with E-state index in [1.807, 2.05) is 0 Å². The molecule has 8 heteroatoms. The quantitative estimate of drug-likeness (QED) is 0.390. The van der Waals surface area contributed by atoms with Gasteiger partial charge in [0.2, 0.25) is 11.8 Å². The van der Waals surface area contributed by atoms with Crippen LogP contribution in [-0.4, -0.2) is 21.6 Å². The van der Waals surface area contributed by atoms with Crippen molar-refractivity contribution in [3.63, 3.8) is 0 Å². The highest BCUT2D eigenvalue weighted by Crippen LogP contribution is 2.49. The number of aromatic nitrogens is 2. The van der Waals surface area contributed by atoms with Crippen molar-refractivity contribution >= 4 is 34.5 Å². The summed E-state index contributed by atoms with van der Waals surface area (Å²) in [5, 5.41) is 0.451. The third-order valence-corrected chi connectivity index (χ3v) is 5.20. The lowest BCUT2D eigenvalue weighted by molar-refractivity contribution is -0.271. The molecule has 0 N–H and O–H groups in total. The van der Waals surface area contributed by atoms with Crippen LogP contribution in [0.15, 0.2) is 83.9 Å². The SMILES string of the molecule is FC(F)(F)[C@@]1(c2ccccc2)OC(c2ccc(Cl)cc2)=Nc2nc3ccccc3n21. The van der Waals surface area contributed by atoms with E-state index >= 15 is 0 Å². The van der Waals surface area contributed by atoms with Crippen molar-refractivity contribution in [2.75, 3.05) is 0 Å². The number of rotatable bonds is 2. The molecule has 30 heavy (non-hydrogen) atoms. The van der Waals surface area contributed by atoms with Gasteiger partial charge in [-0.3, -0.25) is 4.57 Å². The molecule has 0 fully saturated rings. The molecule has 0 amide bonds. The Morgan fingerprint density at radius 3 is 2.23 bits per heavy atom. The molecule has 0 saturated heterocycles. The third-order valence-electron chi connectivity index (χ3n) is 4.94. The van der Waals surface area contributed by atoms with Crippen LogP contribution in [-0.2, 0) is 10.5 Å². The monoisotopic (exact) mass is 427 g/mol. The minimum Gasteiger partial charge on any atom is -0.436 e. The van der Waals surface area contributed by atoms with Gasteiger partial charge in [-0.25, -0.2) is 4.98 Å². The average molecular weight is 428 g/mol. The van der Waals surface area contributed by atoms with Gasteiger partial charge in [0.05, 0.1) is 11.0 Å². The Labute approximate surface area is 174 Å². The second-order valence-corrected chi connectivity index (χ2v) is 7.21. The lowest BCUT2D eigenvalue weighted by atomic mass is 10.00. The Balaban J connectivity index is 1.87. The van der Waals surface area contributed by atoms with Crippen molar-refractivity contribution in [2.24, 2.45) is 4.99 Å². The molecule has 1 atom stereocenters. The highest BCUT2D eigenvalue weighted by molar-refractivity contribution is 6.30. The first-order valence-corrected chi connectivity index (χ1v) is 9.42. The topological polar surface area (TPSA) is 39.4 Å². The van der Waals surface area contributed by atoms with Gasteiger partial charge in [0.1, 0.15) is 0 Å². The van der Waals surface area contributed by atoms with Crippen LogP contribution in [0.3, 0.4) is 0 Å². The van der Waals surface area contributed by atoms with Crippen molar-refractivity contribution in [2.45, 2.75) is 11.9 Å². The molecule has 1 aliphatic rings. The van der Waals surface area contributed by atoms with Gasteiger partial charge < -0.3 is 4.74 Å². The summed E-state index contributed by atoms with van der Waals surface area (Å²) >= 11 is 5.93. The summed E-state index contributed by atoms with van der Waals surface area (Å²) in [6.45, 7) is 0. The molecule has 4 nitrogen and oxygen atoms in total. The van der Waals surface area contributed by atoms with Crippen molar-refractivity contribution < 1.29 is 17.9 Å². The standard InChI is InChI=1S/C22H13ClF3N3O/c23-16-12-10-14(11-13-16)19-28-20-27-17-8-4-5-9-18(17)29(20)21(30-19,22(24,25)26)15-6-2-1-3-7-15/h1-13H/t21-/m1/s1. The van der Waals surface area contributed by atoms with Crippen LogP contribution in [0, 0.1) is 0 Å². The maximum atomic E-state index is 14.9. The van der Waals surface area contributed by atoms with E-state index in [9.17, 15) is 13.2 Å². The van der Waals surface area contributed by atoms with Gasteiger partial charge in [-0.15, -0.1) is 0 Å². The molecule has 0 bridgehead atoms. The summed E-state index contributed by atoms with van der Waals surface area (Å²) in [6, 6.07) is 20.3. The molecule has 1 aromatic heterocycles. The zero-order valence-electron chi connectivity index (χ0n) is 15.3. The van der Waals surface area contributed by atoms with Crippen LogP contribution in [0.2, 0.25) is 5.02 Å². The number of nitrogens with zero attached hydrogens (tertiary/aromatic N) is 3. The molecule has 5 rings (SSSR count). The van der Waals surface area contributed by atoms with Crippen LogP contribution < -0.4 is 0 Å². The number of hydrogen-bond donors (Lipinski definition) is 0. The fraction of sp³-hybridized carbons (Fsp3) is 0.0909. The maximum Gasteiger partial charge on any atom is 0.454 e. The summed E-state index contributed by atoms with van der Waals surface area (Å²) in [5.74, 6) is -0.274. The molecule has 0 saturated carbocycles. The number of hydrogen-bond acceptors (Lipinski definition) is 3. The number of fused-ring (bicyclic) bond motifs is 3. The van der Waals surface area contributed by atoms with Crippen LogP contribution in [0.25, 0.3) is 11.0 Å². The van der Waals surface area contributed by atoms with Gasteiger partial charge >= 0.3 is 11.9 Å². The summed E-state index contributed by atoms with van der Waals surface area (Å²) in [6.07, 6.45) is -4.82. The summed E-state index contributed by atoms with van der Waals surface area (Å²) < 4.78 is 51.4. The van der Waals surface area contributed by atoms with Gasteiger partial charge in [0, 0.05) is 16.1 Å². The number of ether oxygens (including phenoxy) is 1. The van der Waals surface area contributed by atoms with Gasteiger partial charge in [0.25, 0.3) is 0 Å². The second kappa shape index (κ2) is 6.60. The second-order valence-electron chi connectivity index (χ2n) is 6.77. The van der Waals surface area contributed by atoms with Crippen molar-refractivity contribution in [3.8, 4) is 0 Å². The zero-order chi connectivity index (χ0) is 20.9. The van der Waals surface area contributed by atoms with E-state index in [1.54, 1.807) is 66.7 Å². The van der Waals surface area contributed by atoms with Crippen molar-refractivity contribution in [1.29, 1.82) is 0 Å². The first-order valence-electron chi connectivity index (χ1n) is 9.04. The van der Waals surface area contributed by atoms with E-state index in [-0.39, 0.29) is 22.9 Å². The highest BCUT2D eigenvalue weighted by Gasteiger charge is 2.63. The third kappa shape index (κ3) is 2.69. The number of benzene rings is 3. The predicted octanol–water partition coefficient (Wildman–Crippen LogP) is 6.06. The minimum absolute atomic E-state index is 0.0803. The molecule has 3 aromatic carbocycles. The molecule has 1 aliphatic heterocycles. The normalized spacial score (nSPS) is 18.6.